The number of allylic oxidation sites excluding steroid dienone is 2. The van der Waals surface area contributed by atoms with Crippen molar-refractivity contribution in [1.82, 2.24) is 4.98 Å². The Labute approximate surface area is 76.0 Å². The predicted molar refractivity (Wildman–Crippen MR) is 50.5 cm³/mol. The van der Waals surface area contributed by atoms with Gasteiger partial charge in [-0.25, -0.2) is 4.98 Å². The third kappa shape index (κ3) is 2.58. The number of ketones is 1. The van der Waals surface area contributed by atoms with Crippen molar-refractivity contribution in [3.05, 3.63) is 28.7 Å². The van der Waals surface area contributed by atoms with Crippen LogP contribution in [0.1, 0.15) is 29.6 Å². The number of nitrogens with zero attached hydrogens (tertiary/aromatic N) is 1. The van der Waals surface area contributed by atoms with Gasteiger partial charge in [-0.15, -0.1) is 11.3 Å². The molecule has 0 fully saturated rings. The molecule has 1 aromatic heterocycles. The van der Waals surface area contributed by atoms with Crippen molar-refractivity contribution >= 4 is 17.1 Å². The van der Waals surface area contributed by atoms with Gasteiger partial charge in [0.05, 0.1) is 0 Å². The molecule has 2 nitrogen and oxygen atoms in total. The summed E-state index contributed by atoms with van der Waals surface area (Å²) in [6.07, 6.45) is 7.16. The number of unbranched alkanes of at least 4 members (excludes halogenated alkanes) is 1. The van der Waals surface area contributed by atoms with E-state index < -0.39 is 0 Å². The van der Waals surface area contributed by atoms with Crippen LogP contribution in [0.15, 0.2) is 23.7 Å². The smallest absolute Gasteiger partial charge is 0.214 e. The second-order valence-electron chi connectivity index (χ2n) is 2.39. The Kier molecular flexibility index (Phi) is 3.67. The fourth-order valence-corrected chi connectivity index (χ4v) is 1.33. The van der Waals surface area contributed by atoms with Crippen LogP contribution in [0.3, 0.4) is 0 Å². The fraction of sp³-hybridized carbons (Fsp3) is 0.333. The monoisotopic (exact) mass is 181 g/mol. The van der Waals surface area contributed by atoms with E-state index in [1.165, 1.54) is 11.3 Å². The summed E-state index contributed by atoms with van der Waals surface area (Å²) in [4.78, 5) is 15.2. The molecule has 0 aliphatic rings. The zero-order valence-electron chi connectivity index (χ0n) is 6.99. The van der Waals surface area contributed by atoms with E-state index in [0.717, 1.165) is 12.8 Å². The Morgan fingerprint density at radius 3 is 3.17 bits per heavy atom. The van der Waals surface area contributed by atoms with Crippen molar-refractivity contribution in [1.29, 1.82) is 0 Å². The van der Waals surface area contributed by atoms with Crippen LogP contribution < -0.4 is 0 Å². The van der Waals surface area contributed by atoms with E-state index >= 15 is 0 Å². The zero-order chi connectivity index (χ0) is 8.81. The van der Waals surface area contributed by atoms with Gasteiger partial charge >= 0.3 is 0 Å². The summed E-state index contributed by atoms with van der Waals surface area (Å²) in [6.45, 7) is 2.08. The summed E-state index contributed by atoms with van der Waals surface area (Å²) in [5.41, 5.74) is 0. The number of aromatic nitrogens is 1. The van der Waals surface area contributed by atoms with E-state index in [9.17, 15) is 4.79 Å². The van der Waals surface area contributed by atoms with E-state index in [1.807, 2.05) is 6.08 Å². The molecule has 1 aromatic rings. The van der Waals surface area contributed by atoms with Gasteiger partial charge in [-0.05, 0) is 12.5 Å². The van der Waals surface area contributed by atoms with E-state index in [4.69, 9.17) is 0 Å². The summed E-state index contributed by atoms with van der Waals surface area (Å²) in [7, 11) is 0. The maximum atomic E-state index is 11.2. The van der Waals surface area contributed by atoms with Crippen molar-refractivity contribution in [3.63, 3.8) is 0 Å². The molecule has 1 heterocycles. The predicted octanol–water partition coefficient (Wildman–Crippen LogP) is 2.68. The first-order valence-electron chi connectivity index (χ1n) is 3.95. The van der Waals surface area contributed by atoms with Gasteiger partial charge in [-0.1, -0.05) is 19.4 Å². The van der Waals surface area contributed by atoms with Crippen LogP contribution in [0.25, 0.3) is 0 Å². The Balaban J connectivity index is 2.50. The highest BCUT2D eigenvalue weighted by atomic mass is 32.1. The maximum absolute atomic E-state index is 11.2. The normalized spacial score (nSPS) is 10.8. The first-order valence-corrected chi connectivity index (χ1v) is 4.83. The fourth-order valence-electron chi connectivity index (χ4n) is 0.773. The lowest BCUT2D eigenvalue weighted by Crippen LogP contribution is -1.91. The van der Waals surface area contributed by atoms with Crippen LogP contribution >= 0.6 is 11.3 Å². The van der Waals surface area contributed by atoms with Crippen LogP contribution in [0.5, 0.6) is 0 Å². The summed E-state index contributed by atoms with van der Waals surface area (Å²) in [5, 5.41) is 2.38. The third-order valence-corrected chi connectivity index (χ3v) is 2.16. The Morgan fingerprint density at radius 1 is 1.75 bits per heavy atom. The molecule has 0 saturated heterocycles. The number of thiazole rings is 1. The number of carbonyl (C=O) groups is 1. The van der Waals surface area contributed by atoms with Crippen LogP contribution in [-0.4, -0.2) is 10.8 Å². The molecule has 64 valence electrons. The van der Waals surface area contributed by atoms with Gasteiger partial charge in [-0.3, -0.25) is 4.79 Å². The lowest BCUT2D eigenvalue weighted by atomic mass is 10.3. The van der Waals surface area contributed by atoms with E-state index in [-0.39, 0.29) is 5.78 Å². The molecular formula is C9H11NOS. The molecule has 1 rings (SSSR count). The molecule has 0 aliphatic carbocycles. The van der Waals surface area contributed by atoms with Gasteiger partial charge in [-0.2, -0.15) is 0 Å². The van der Waals surface area contributed by atoms with Crippen molar-refractivity contribution < 1.29 is 4.79 Å². The first-order chi connectivity index (χ1) is 5.84. The van der Waals surface area contributed by atoms with Gasteiger partial charge in [0.1, 0.15) is 0 Å². The highest BCUT2D eigenvalue weighted by molar-refractivity contribution is 7.11. The lowest BCUT2D eigenvalue weighted by molar-refractivity contribution is 0.104. The first kappa shape index (κ1) is 9.13. The Morgan fingerprint density at radius 2 is 2.58 bits per heavy atom. The zero-order valence-corrected chi connectivity index (χ0v) is 7.80. The van der Waals surface area contributed by atoms with Gasteiger partial charge in [0, 0.05) is 11.6 Å². The number of carbonyl (C=O) groups excluding carboxylic acids is 1. The molecule has 12 heavy (non-hydrogen) atoms. The second-order valence-corrected chi connectivity index (χ2v) is 3.29. The molecule has 3 heteroatoms. The van der Waals surface area contributed by atoms with Crippen LogP contribution in [0.4, 0.5) is 0 Å². The molecule has 0 saturated carbocycles. The van der Waals surface area contributed by atoms with Crippen molar-refractivity contribution in [2.24, 2.45) is 0 Å². The van der Waals surface area contributed by atoms with Gasteiger partial charge in [0.15, 0.2) is 5.01 Å². The molecule has 0 atom stereocenters. The van der Waals surface area contributed by atoms with Crippen molar-refractivity contribution in [3.8, 4) is 0 Å². The standard InChI is InChI=1S/C9H11NOS/c1-2-3-4-5-8(11)9-10-6-7-12-9/h4-7H,2-3H2,1H3. The summed E-state index contributed by atoms with van der Waals surface area (Å²) >= 11 is 1.38. The lowest BCUT2D eigenvalue weighted by Gasteiger charge is -1.85. The highest BCUT2D eigenvalue weighted by Gasteiger charge is 2.02. The quantitative estimate of drug-likeness (QED) is 0.528. The molecule has 0 aliphatic heterocycles. The number of hydrogen-bond donors (Lipinski definition) is 0. The summed E-state index contributed by atoms with van der Waals surface area (Å²) in [6, 6.07) is 0. The third-order valence-electron chi connectivity index (χ3n) is 1.37. The van der Waals surface area contributed by atoms with E-state index in [2.05, 4.69) is 11.9 Å². The van der Waals surface area contributed by atoms with Crippen LogP contribution in [0, 0.1) is 0 Å². The molecule has 0 bridgehead atoms. The van der Waals surface area contributed by atoms with Crippen LogP contribution in [-0.2, 0) is 0 Å². The van der Waals surface area contributed by atoms with Gasteiger partial charge in [0.25, 0.3) is 0 Å². The second kappa shape index (κ2) is 4.83. The van der Waals surface area contributed by atoms with E-state index in [0.29, 0.717) is 5.01 Å². The molecule has 0 spiro atoms. The topological polar surface area (TPSA) is 30.0 Å². The average molecular weight is 181 g/mol. The largest absolute Gasteiger partial charge is 0.287 e. The Hall–Kier alpha value is -0.960. The van der Waals surface area contributed by atoms with E-state index in [1.54, 1.807) is 17.7 Å². The minimum Gasteiger partial charge on any atom is -0.287 e. The molecule has 0 amide bonds. The van der Waals surface area contributed by atoms with Gasteiger partial charge in [0.2, 0.25) is 5.78 Å². The summed E-state index contributed by atoms with van der Waals surface area (Å²) in [5.74, 6) is 0.0125. The molecule has 0 aromatic carbocycles. The van der Waals surface area contributed by atoms with Crippen molar-refractivity contribution in [2.75, 3.05) is 0 Å². The molecular weight excluding hydrogens is 170 g/mol. The number of hydrogen-bond acceptors (Lipinski definition) is 3. The SMILES string of the molecule is CCCC=CC(=O)c1nccs1. The minimum atomic E-state index is 0.0125. The molecule has 0 radical (unpaired) electrons. The maximum Gasteiger partial charge on any atom is 0.214 e. The number of rotatable bonds is 4. The van der Waals surface area contributed by atoms with Gasteiger partial charge < -0.3 is 0 Å². The summed E-state index contributed by atoms with van der Waals surface area (Å²) < 4.78 is 0. The average Bonchev–Trinajstić information content (AvgIpc) is 2.56. The molecule has 0 unspecified atom stereocenters. The van der Waals surface area contributed by atoms with Crippen LogP contribution in [0.2, 0.25) is 0 Å². The van der Waals surface area contributed by atoms with Crippen molar-refractivity contribution in [2.45, 2.75) is 19.8 Å². The minimum absolute atomic E-state index is 0.0125. The highest BCUT2D eigenvalue weighted by Crippen LogP contribution is 2.05. The Bertz CT molecular complexity index is 264. The molecule has 0 N–H and O–H groups in total.